The SMILES string of the molecule is O=C(O)Cc1ccccc1Cn1c(=O)[nH]c2nc[nH]c2c1=O. The number of aromatic amines is 2. The number of carboxylic acids is 1. The van der Waals surface area contributed by atoms with Gasteiger partial charge in [-0.1, -0.05) is 24.3 Å². The number of aliphatic carboxylic acids is 1. The Labute approximate surface area is 123 Å². The molecule has 0 fully saturated rings. The van der Waals surface area contributed by atoms with Gasteiger partial charge in [-0.05, 0) is 11.1 Å². The lowest BCUT2D eigenvalue weighted by atomic mass is 10.0. The molecule has 1 aromatic carbocycles. The van der Waals surface area contributed by atoms with Crippen LogP contribution in [0.3, 0.4) is 0 Å². The summed E-state index contributed by atoms with van der Waals surface area (Å²) in [4.78, 5) is 44.3. The van der Waals surface area contributed by atoms with Gasteiger partial charge in [0.15, 0.2) is 5.65 Å². The normalized spacial score (nSPS) is 10.9. The largest absolute Gasteiger partial charge is 0.481 e. The van der Waals surface area contributed by atoms with Crippen LogP contribution in [0, 0.1) is 0 Å². The first-order chi connectivity index (χ1) is 10.6. The van der Waals surface area contributed by atoms with Crippen LogP contribution in [-0.4, -0.2) is 30.6 Å². The van der Waals surface area contributed by atoms with Gasteiger partial charge in [0.1, 0.15) is 5.52 Å². The highest BCUT2D eigenvalue weighted by Gasteiger charge is 2.12. The average Bonchev–Trinajstić information content (AvgIpc) is 2.93. The van der Waals surface area contributed by atoms with Crippen LogP contribution in [0.2, 0.25) is 0 Å². The van der Waals surface area contributed by atoms with E-state index in [0.29, 0.717) is 11.1 Å². The van der Waals surface area contributed by atoms with E-state index in [0.717, 1.165) is 4.57 Å². The minimum absolute atomic E-state index is 0.00736. The fourth-order valence-electron chi connectivity index (χ4n) is 2.31. The zero-order valence-corrected chi connectivity index (χ0v) is 11.4. The Morgan fingerprint density at radius 1 is 1.23 bits per heavy atom. The number of aromatic nitrogens is 4. The van der Waals surface area contributed by atoms with Gasteiger partial charge >= 0.3 is 11.7 Å². The molecule has 0 unspecified atom stereocenters. The minimum atomic E-state index is -0.974. The quantitative estimate of drug-likeness (QED) is 0.630. The van der Waals surface area contributed by atoms with E-state index in [9.17, 15) is 14.4 Å². The Balaban J connectivity index is 2.09. The van der Waals surface area contributed by atoms with E-state index in [4.69, 9.17) is 5.11 Å². The Kier molecular flexibility index (Phi) is 3.34. The third-order valence-corrected chi connectivity index (χ3v) is 3.36. The molecule has 3 aromatic rings. The second-order valence-electron chi connectivity index (χ2n) is 4.79. The van der Waals surface area contributed by atoms with E-state index < -0.39 is 17.2 Å². The van der Waals surface area contributed by atoms with Crippen LogP contribution in [-0.2, 0) is 17.8 Å². The van der Waals surface area contributed by atoms with Crippen molar-refractivity contribution in [1.29, 1.82) is 0 Å². The van der Waals surface area contributed by atoms with Crippen LogP contribution in [0.5, 0.6) is 0 Å². The number of rotatable bonds is 4. The molecule has 112 valence electrons. The van der Waals surface area contributed by atoms with Crippen LogP contribution in [0.1, 0.15) is 11.1 Å². The van der Waals surface area contributed by atoms with Gasteiger partial charge in [-0.2, -0.15) is 0 Å². The van der Waals surface area contributed by atoms with Crippen molar-refractivity contribution in [3.8, 4) is 0 Å². The number of fused-ring (bicyclic) bond motifs is 1. The standard InChI is InChI=1S/C14H12N4O4/c19-10(20)5-8-3-1-2-4-9(8)6-18-13(21)11-12(16-7-15-11)17-14(18)22/h1-4,7H,5-6H2,(H,15,16)(H,17,22)(H,19,20). The Hall–Kier alpha value is -3.16. The highest BCUT2D eigenvalue weighted by Crippen LogP contribution is 2.10. The van der Waals surface area contributed by atoms with Gasteiger partial charge in [0.25, 0.3) is 5.56 Å². The van der Waals surface area contributed by atoms with Crippen LogP contribution >= 0.6 is 0 Å². The van der Waals surface area contributed by atoms with Crippen molar-refractivity contribution in [3.05, 3.63) is 62.6 Å². The molecule has 0 aliphatic heterocycles. The van der Waals surface area contributed by atoms with Gasteiger partial charge in [0, 0.05) is 0 Å². The molecule has 8 nitrogen and oxygen atoms in total. The second-order valence-corrected chi connectivity index (χ2v) is 4.79. The number of carboxylic acid groups (broad SMARTS) is 1. The molecule has 0 saturated heterocycles. The van der Waals surface area contributed by atoms with Gasteiger partial charge in [-0.25, -0.2) is 9.78 Å². The Morgan fingerprint density at radius 2 is 1.95 bits per heavy atom. The third-order valence-electron chi connectivity index (χ3n) is 3.36. The summed E-state index contributed by atoms with van der Waals surface area (Å²) in [6.45, 7) is -0.00736. The van der Waals surface area contributed by atoms with Crippen molar-refractivity contribution in [2.24, 2.45) is 0 Å². The highest BCUT2D eigenvalue weighted by atomic mass is 16.4. The predicted molar refractivity (Wildman–Crippen MR) is 77.9 cm³/mol. The summed E-state index contributed by atoms with van der Waals surface area (Å²) in [5.74, 6) is -0.974. The molecule has 0 atom stereocenters. The van der Waals surface area contributed by atoms with Gasteiger partial charge in [0.05, 0.1) is 19.3 Å². The zero-order valence-electron chi connectivity index (χ0n) is 11.4. The number of nitrogens with zero attached hydrogens (tertiary/aromatic N) is 2. The molecule has 3 rings (SSSR count). The molecule has 3 N–H and O–H groups in total. The van der Waals surface area contributed by atoms with Crippen LogP contribution in [0.4, 0.5) is 0 Å². The molecule has 2 heterocycles. The number of benzene rings is 1. The highest BCUT2D eigenvalue weighted by molar-refractivity contribution is 5.71. The van der Waals surface area contributed by atoms with E-state index in [2.05, 4.69) is 15.0 Å². The lowest BCUT2D eigenvalue weighted by Gasteiger charge is -2.09. The van der Waals surface area contributed by atoms with Crippen LogP contribution in [0.15, 0.2) is 40.2 Å². The van der Waals surface area contributed by atoms with Gasteiger partial charge in [-0.3, -0.25) is 19.1 Å². The van der Waals surface area contributed by atoms with Gasteiger partial charge < -0.3 is 10.1 Å². The lowest BCUT2D eigenvalue weighted by molar-refractivity contribution is -0.136. The summed E-state index contributed by atoms with van der Waals surface area (Å²) in [5, 5.41) is 8.93. The molecule has 8 heteroatoms. The molecule has 2 aromatic heterocycles. The predicted octanol–water partition coefficient (Wildman–Crippen LogP) is 0.0883. The molecule has 0 aliphatic rings. The van der Waals surface area contributed by atoms with E-state index in [1.165, 1.54) is 6.33 Å². The van der Waals surface area contributed by atoms with E-state index >= 15 is 0 Å². The van der Waals surface area contributed by atoms with Crippen LogP contribution < -0.4 is 11.2 Å². The summed E-state index contributed by atoms with van der Waals surface area (Å²) in [6.07, 6.45) is 1.15. The van der Waals surface area contributed by atoms with E-state index in [1.807, 2.05) is 0 Å². The smallest absolute Gasteiger partial charge is 0.330 e. The van der Waals surface area contributed by atoms with E-state index in [-0.39, 0.29) is 24.1 Å². The minimum Gasteiger partial charge on any atom is -0.481 e. The number of hydrogen-bond acceptors (Lipinski definition) is 4. The first-order valence-corrected chi connectivity index (χ1v) is 6.51. The van der Waals surface area contributed by atoms with Crippen molar-refractivity contribution >= 4 is 17.1 Å². The molecule has 0 bridgehead atoms. The number of nitrogens with one attached hydrogen (secondary N) is 2. The number of H-pyrrole nitrogens is 2. The van der Waals surface area contributed by atoms with Crippen molar-refractivity contribution in [2.45, 2.75) is 13.0 Å². The van der Waals surface area contributed by atoms with Crippen molar-refractivity contribution in [2.75, 3.05) is 0 Å². The number of imidazole rings is 1. The van der Waals surface area contributed by atoms with Crippen molar-refractivity contribution < 1.29 is 9.90 Å². The fraction of sp³-hybridized carbons (Fsp3) is 0.143. The molecule has 0 radical (unpaired) electrons. The summed E-state index contributed by atoms with van der Waals surface area (Å²) >= 11 is 0. The van der Waals surface area contributed by atoms with Crippen molar-refractivity contribution in [3.63, 3.8) is 0 Å². The third kappa shape index (κ3) is 2.41. The maximum atomic E-state index is 12.3. The summed E-state index contributed by atoms with van der Waals surface area (Å²) in [7, 11) is 0. The van der Waals surface area contributed by atoms with Gasteiger partial charge in [0.2, 0.25) is 0 Å². The molecule has 0 amide bonds. The maximum Gasteiger partial charge on any atom is 0.330 e. The van der Waals surface area contributed by atoms with Crippen LogP contribution in [0.25, 0.3) is 11.2 Å². The van der Waals surface area contributed by atoms with E-state index in [1.54, 1.807) is 24.3 Å². The average molecular weight is 300 g/mol. The molecule has 0 spiro atoms. The lowest BCUT2D eigenvalue weighted by Crippen LogP contribution is -2.35. The molecule has 0 saturated carbocycles. The summed E-state index contributed by atoms with van der Waals surface area (Å²) < 4.78 is 1.02. The monoisotopic (exact) mass is 300 g/mol. The first-order valence-electron chi connectivity index (χ1n) is 6.51. The Bertz CT molecular complexity index is 967. The Morgan fingerprint density at radius 3 is 2.68 bits per heavy atom. The summed E-state index contributed by atoms with van der Waals surface area (Å²) in [6, 6.07) is 6.81. The molecular formula is C14H12N4O4. The second kappa shape index (κ2) is 5.32. The van der Waals surface area contributed by atoms with Crippen molar-refractivity contribution in [1.82, 2.24) is 19.5 Å². The molecule has 22 heavy (non-hydrogen) atoms. The maximum absolute atomic E-state index is 12.3. The molecular weight excluding hydrogens is 288 g/mol. The fourth-order valence-corrected chi connectivity index (χ4v) is 2.31. The summed E-state index contributed by atoms with van der Waals surface area (Å²) in [5.41, 5.74) is 0.485. The molecule has 0 aliphatic carbocycles. The first kappa shape index (κ1) is 13.8. The topological polar surface area (TPSA) is 121 Å². The number of carbonyl (C=O) groups is 1. The number of hydrogen-bond donors (Lipinski definition) is 3. The van der Waals surface area contributed by atoms with Gasteiger partial charge in [-0.15, -0.1) is 0 Å². The zero-order chi connectivity index (χ0) is 15.7.